The number of carboxylic acid groups (broad SMARTS) is 1. The van der Waals surface area contributed by atoms with Gasteiger partial charge in [-0.25, -0.2) is 4.79 Å². The van der Waals surface area contributed by atoms with Crippen molar-refractivity contribution in [2.24, 2.45) is 0 Å². The monoisotopic (exact) mass is 175 g/mol. The van der Waals surface area contributed by atoms with Crippen LogP contribution in [-0.2, 0) is 0 Å². The van der Waals surface area contributed by atoms with Gasteiger partial charge in [-0.2, -0.15) is 0 Å². The Hall–Kier alpha value is -0.770. The van der Waals surface area contributed by atoms with E-state index in [9.17, 15) is 4.79 Å². The third-order valence-corrected chi connectivity index (χ3v) is 1.79. The van der Waals surface area contributed by atoms with Crippen molar-refractivity contribution >= 4 is 6.09 Å². The van der Waals surface area contributed by atoms with Gasteiger partial charge in [0.15, 0.2) is 0 Å². The van der Waals surface area contributed by atoms with Crippen LogP contribution >= 0.6 is 0 Å². The third kappa shape index (κ3) is 3.57. The molecule has 0 aliphatic heterocycles. The van der Waals surface area contributed by atoms with Crippen molar-refractivity contribution in [3.63, 3.8) is 0 Å². The van der Waals surface area contributed by atoms with Gasteiger partial charge in [-0.1, -0.05) is 13.3 Å². The zero-order valence-corrected chi connectivity index (χ0v) is 7.66. The van der Waals surface area contributed by atoms with Crippen LogP contribution in [0.15, 0.2) is 0 Å². The maximum absolute atomic E-state index is 10.6. The number of hydrogen-bond acceptors (Lipinski definition) is 2. The summed E-state index contributed by atoms with van der Waals surface area (Å²) in [7, 11) is 0. The summed E-state index contributed by atoms with van der Waals surface area (Å²) in [5.74, 6) is 0. The lowest BCUT2D eigenvalue weighted by Crippen LogP contribution is -2.40. The van der Waals surface area contributed by atoms with Crippen LogP contribution in [0.1, 0.15) is 26.7 Å². The minimum absolute atomic E-state index is 0.115. The highest BCUT2D eigenvalue weighted by molar-refractivity contribution is 5.65. The number of nitrogens with zero attached hydrogens (tertiary/aromatic N) is 1. The van der Waals surface area contributed by atoms with Crippen molar-refractivity contribution < 1.29 is 15.0 Å². The van der Waals surface area contributed by atoms with Gasteiger partial charge in [-0.15, -0.1) is 0 Å². The van der Waals surface area contributed by atoms with Gasteiger partial charge in [-0.3, -0.25) is 0 Å². The van der Waals surface area contributed by atoms with Crippen LogP contribution in [0.25, 0.3) is 0 Å². The molecule has 0 fully saturated rings. The fourth-order valence-corrected chi connectivity index (χ4v) is 0.932. The molecule has 1 amide bonds. The maximum Gasteiger partial charge on any atom is 0.407 e. The van der Waals surface area contributed by atoms with E-state index in [2.05, 4.69) is 0 Å². The minimum atomic E-state index is -0.954. The number of carbonyl (C=O) groups is 1. The Bertz CT molecular complexity index is 138. The minimum Gasteiger partial charge on any atom is -0.465 e. The van der Waals surface area contributed by atoms with Crippen molar-refractivity contribution in [2.75, 3.05) is 13.2 Å². The molecule has 2 N–H and O–H groups in total. The smallest absolute Gasteiger partial charge is 0.407 e. The van der Waals surface area contributed by atoms with E-state index in [1.807, 2.05) is 6.92 Å². The zero-order chi connectivity index (χ0) is 9.56. The Kier molecular flexibility index (Phi) is 5.45. The average Bonchev–Trinajstić information content (AvgIpc) is 2.04. The molecule has 0 aliphatic carbocycles. The van der Waals surface area contributed by atoms with Gasteiger partial charge < -0.3 is 15.1 Å². The number of aliphatic hydroxyl groups excluding tert-OH is 1. The van der Waals surface area contributed by atoms with Crippen molar-refractivity contribution in [3.8, 4) is 0 Å². The fraction of sp³-hybridized carbons (Fsp3) is 0.875. The standard InChI is InChI=1S/C8H17NO3/c1-3-4-5-9(8(11)12)7(2)6-10/h7,10H,3-6H2,1-2H3,(H,11,12). The predicted octanol–water partition coefficient (Wildman–Crippen LogP) is 1.15. The van der Waals surface area contributed by atoms with Gasteiger partial charge in [0.05, 0.1) is 12.6 Å². The molecular formula is C8H17NO3. The number of hydrogen-bond donors (Lipinski definition) is 2. The molecular weight excluding hydrogens is 158 g/mol. The van der Waals surface area contributed by atoms with Gasteiger partial charge in [0.25, 0.3) is 0 Å². The van der Waals surface area contributed by atoms with Crippen LogP contribution in [0.5, 0.6) is 0 Å². The molecule has 0 radical (unpaired) electrons. The van der Waals surface area contributed by atoms with Crippen molar-refractivity contribution in [2.45, 2.75) is 32.7 Å². The normalized spacial score (nSPS) is 12.6. The van der Waals surface area contributed by atoms with Crippen LogP contribution in [0.2, 0.25) is 0 Å². The summed E-state index contributed by atoms with van der Waals surface area (Å²) < 4.78 is 0. The summed E-state index contributed by atoms with van der Waals surface area (Å²) in [5, 5.41) is 17.5. The first-order valence-corrected chi connectivity index (χ1v) is 4.23. The summed E-state index contributed by atoms with van der Waals surface area (Å²) in [6, 6.07) is -0.297. The van der Waals surface area contributed by atoms with Gasteiger partial charge >= 0.3 is 6.09 Å². The summed E-state index contributed by atoms with van der Waals surface area (Å²) >= 11 is 0. The molecule has 1 unspecified atom stereocenters. The third-order valence-electron chi connectivity index (χ3n) is 1.79. The molecule has 0 aromatic carbocycles. The SMILES string of the molecule is CCCCN(C(=O)O)C(C)CO. The lowest BCUT2D eigenvalue weighted by molar-refractivity contribution is 0.103. The van der Waals surface area contributed by atoms with Gasteiger partial charge in [-0.05, 0) is 13.3 Å². The number of rotatable bonds is 5. The Balaban J connectivity index is 3.94. The molecule has 1 atom stereocenters. The van der Waals surface area contributed by atoms with Gasteiger partial charge in [0, 0.05) is 6.54 Å². The first kappa shape index (κ1) is 11.2. The van der Waals surface area contributed by atoms with E-state index in [1.54, 1.807) is 6.92 Å². The summed E-state index contributed by atoms with van der Waals surface area (Å²) in [6.45, 7) is 4.09. The molecule has 12 heavy (non-hydrogen) atoms. The Morgan fingerprint density at radius 1 is 1.58 bits per heavy atom. The molecule has 0 heterocycles. The second-order valence-corrected chi connectivity index (χ2v) is 2.86. The molecule has 0 aromatic rings. The second-order valence-electron chi connectivity index (χ2n) is 2.86. The maximum atomic E-state index is 10.6. The van der Waals surface area contributed by atoms with Crippen LogP contribution in [0.4, 0.5) is 4.79 Å². The van der Waals surface area contributed by atoms with Crippen molar-refractivity contribution in [1.29, 1.82) is 0 Å². The Labute approximate surface area is 72.8 Å². The highest BCUT2D eigenvalue weighted by Crippen LogP contribution is 2.01. The van der Waals surface area contributed by atoms with E-state index in [1.165, 1.54) is 4.90 Å². The summed E-state index contributed by atoms with van der Waals surface area (Å²) in [5.41, 5.74) is 0. The van der Waals surface area contributed by atoms with Crippen LogP contribution in [-0.4, -0.2) is 40.4 Å². The molecule has 72 valence electrons. The average molecular weight is 175 g/mol. The second kappa shape index (κ2) is 5.83. The van der Waals surface area contributed by atoms with E-state index in [0.717, 1.165) is 12.8 Å². The van der Waals surface area contributed by atoms with E-state index in [4.69, 9.17) is 10.2 Å². The zero-order valence-electron chi connectivity index (χ0n) is 7.66. The van der Waals surface area contributed by atoms with E-state index < -0.39 is 6.09 Å². The van der Waals surface area contributed by atoms with Gasteiger partial charge in [0.1, 0.15) is 0 Å². The van der Waals surface area contributed by atoms with Crippen LogP contribution in [0.3, 0.4) is 0 Å². The number of aliphatic hydroxyl groups is 1. The topological polar surface area (TPSA) is 60.8 Å². The lowest BCUT2D eigenvalue weighted by atomic mass is 10.2. The molecule has 4 nitrogen and oxygen atoms in total. The highest BCUT2D eigenvalue weighted by atomic mass is 16.4. The van der Waals surface area contributed by atoms with E-state index >= 15 is 0 Å². The van der Waals surface area contributed by atoms with Crippen molar-refractivity contribution in [1.82, 2.24) is 4.90 Å². The number of amides is 1. The molecule has 0 bridgehead atoms. The quantitative estimate of drug-likeness (QED) is 0.658. The molecule has 0 aliphatic rings. The Morgan fingerprint density at radius 2 is 2.17 bits per heavy atom. The fourth-order valence-electron chi connectivity index (χ4n) is 0.932. The number of unbranched alkanes of at least 4 members (excludes halogenated alkanes) is 1. The highest BCUT2D eigenvalue weighted by Gasteiger charge is 2.16. The molecule has 0 rings (SSSR count). The molecule has 0 aromatic heterocycles. The molecule has 0 saturated carbocycles. The molecule has 0 spiro atoms. The van der Waals surface area contributed by atoms with Gasteiger partial charge in [0.2, 0.25) is 0 Å². The lowest BCUT2D eigenvalue weighted by Gasteiger charge is -2.24. The van der Waals surface area contributed by atoms with E-state index in [-0.39, 0.29) is 12.6 Å². The van der Waals surface area contributed by atoms with E-state index in [0.29, 0.717) is 6.54 Å². The molecule has 0 saturated heterocycles. The molecule has 4 heteroatoms. The van der Waals surface area contributed by atoms with Crippen molar-refractivity contribution in [3.05, 3.63) is 0 Å². The predicted molar refractivity (Wildman–Crippen MR) is 46.2 cm³/mol. The van der Waals surface area contributed by atoms with Crippen LogP contribution in [0, 0.1) is 0 Å². The summed E-state index contributed by atoms with van der Waals surface area (Å²) in [6.07, 6.45) is 0.850. The Morgan fingerprint density at radius 3 is 2.50 bits per heavy atom. The summed E-state index contributed by atoms with van der Waals surface area (Å²) in [4.78, 5) is 11.9. The first-order chi connectivity index (χ1) is 5.63. The largest absolute Gasteiger partial charge is 0.465 e. The van der Waals surface area contributed by atoms with Crippen LogP contribution < -0.4 is 0 Å². The first-order valence-electron chi connectivity index (χ1n) is 4.23.